The maximum atomic E-state index is 11.5. The Kier molecular flexibility index (Phi) is 4.39. The number of carbonyl (C=O) groups is 1. The molecule has 0 aliphatic rings. The van der Waals surface area contributed by atoms with Crippen LogP contribution < -0.4 is 4.74 Å². The van der Waals surface area contributed by atoms with Crippen LogP contribution in [-0.2, 0) is 6.61 Å². The summed E-state index contributed by atoms with van der Waals surface area (Å²) in [6.45, 7) is 5.52. The number of hydrogen-bond acceptors (Lipinski definition) is 5. The molecule has 0 bridgehead atoms. The van der Waals surface area contributed by atoms with Crippen molar-refractivity contribution in [1.82, 2.24) is 10.1 Å². The first-order valence-electron chi connectivity index (χ1n) is 6.23. The van der Waals surface area contributed by atoms with Crippen LogP contribution in [0.1, 0.15) is 48.8 Å². The molecule has 20 heavy (non-hydrogen) atoms. The highest BCUT2D eigenvalue weighted by atomic mass is 35.5. The van der Waals surface area contributed by atoms with Gasteiger partial charge >= 0.3 is 0 Å². The monoisotopic (exact) mass is 294 g/mol. The number of ketones is 1. The molecule has 0 spiro atoms. The Morgan fingerprint density at radius 1 is 1.45 bits per heavy atom. The summed E-state index contributed by atoms with van der Waals surface area (Å²) in [4.78, 5) is 15.7. The predicted molar refractivity (Wildman–Crippen MR) is 74.2 cm³/mol. The summed E-state index contributed by atoms with van der Waals surface area (Å²) < 4.78 is 10.6. The van der Waals surface area contributed by atoms with Crippen LogP contribution in [0.2, 0.25) is 5.02 Å². The van der Waals surface area contributed by atoms with Crippen LogP contribution in [0, 0.1) is 0 Å². The van der Waals surface area contributed by atoms with E-state index in [1.807, 2.05) is 13.8 Å². The minimum atomic E-state index is -0.115. The lowest BCUT2D eigenvalue weighted by Crippen LogP contribution is -2.02. The molecule has 0 saturated carbocycles. The summed E-state index contributed by atoms with van der Waals surface area (Å²) in [5, 5.41) is 4.33. The Hall–Kier alpha value is -1.88. The lowest BCUT2D eigenvalue weighted by atomic mass is 10.1. The molecule has 0 unspecified atom stereocenters. The molecule has 2 rings (SSSR count). The van der Waals surface area contributed by atoms with Gasteiger partial charge in [0.15, 0.2) is 18.2 Å². The van der Waals surface area contributed by atoms with Gasteiger partial charge in [0.1, 0.15) is 5.75 Å². The van der Waals surface area contributed by atoms with Crippen LogP contribution in [0.3, 0.4) is 0 Å². The molecule has 0 N–H and O–H groups in total. The highest BCUT2D eigenvalue weighted by molar-refractivity contribution is 6.31. The molecule has 5 nitrogen and oxygen atoms in total. The normalized spacial score (nSPS) is 10.8. The van der Waals surface area contributed by atoms with E-state index in [1.165, 1.54) is 6.92 Å². The molecular weight excluding hydrogens is 280 g/mol. The van der Waals surface area contributed by atoms with Crippen molar-refractivity contribution < 1.29 is 14.1 Å². The van der Waals surface area contributed by atoms with Gasteiger partial charge in [-0.05, 0) is 25.1 Å². The fraction of sp³-hybridized carbons (Fsp3) is 0.357. The molecule has 0 fully saturated rings. The van der Waals surface area contributed by atoms with E-state index in [9.17, 15) is 4.79 Å². The number of Topliss-reactive ketones (excluding diaryl/α,β-unsaturated/α-hetero) is 1. The second-order valence-corrected chi connectivity index (χ2v) is 5.12. The van der Waals surface area contributed by atoms with Gasteiger partial charge in [-0.1, -0.05) is 30.6 Å². The topological polar surface area (TPSA) is 65.2 Å². The fourth-order valence-electron chi connectivity index (χ4n) is 1.60. The van der Waals surface area contributed by atoms with Crippen molar-refractivity contribution in [2.75, 3.05) is 0 Å². The third-order valence-corrected chi connectivity index (χ3v) is 2.91. The minimum Gasteiger partial charge on any atom is -0.483 e. The van der Waals surface area contributed by atoms with Gasteiger partial charge in [0, 0.05) is 10.9 Å². The zero-order valence-electron chi connectivity index (χ0n) is 11.5. The van der Waals surface area contributed by atoms with Gasteiger partial charge in [-0.15, -0.1) is 0 Å². The van der Waals surface area contributed by atoms with E-state index in [4.69, 9.17) is 20.9 Å². The molecule has 1 aromatic carbocycles. The molecule has 0 atom stereocenters. The van der Waals surface area contributed by atoms with E-state index >= 15 is 0 Å². The first-order chi connectivity index (χ1) is 9.47. The number of benzene rings is 1. The van der Waals surface area contributed by atoms with Crippen molar-refractivity contribution in [3.63, 3.8) is 0 Å². The molecule has 0 radical (unpaired) electrons. The summed E-state index contributed by atoms with van der Waals surface area (Å²) in [5.74, 6) is 1.53. The number of aromatic nitrogens is 2. The van der Waals surface area contributed by atoms with Crippen LogP contribution in [0.4, 0.5) is 0 Å². The van der Waals surface area contributed by atoms with Gasteiger partial charge < -0.3 is 9.26 Å². The predicted octanol–water partition coefficient (Wildman–Crippen LogP) is 3.63. The number of halogens is 1. The largest absolute Gasteiger partial charge is 0.483 e. The van der Waals surface area contributed by atoms with Gasteiger partial charge in [-0.2, -0.15) is 4.98 Å². The van der Waals surface area contributed by atoms with Crippen molar-refractivity contribution in [2.24, 2.45) is 0 Å². The molecule has 2 aromatic rings. The van der Waals surface area contributed by atoms with Crippen molar-refractivity contribution in [1.29, 1.82) is 0 Å². The summed E-state index contributed by atoms with van der Waals surface area (Å²) in [5.41, 5.74) is 0.432. The number of carbonyl (C=O) groups excluding carboxylic acids is 1. The number of hydrogen-bond donors (Lipinski definition) is 0. The van der Waals surface area contributed by atoms with Crippen LogP contribution in [0.25, 0.3) is 0 Å². The van der Waals surface area contributed by atoms with Crippen LogP contribution >= 0.6 is 11.6 Å². The van der Waals surface area contributed by atoms with Crippen molar-refractivity contribution >= 4 is 17.4 Å². The Morgan fingerprint density at radius 2 is 2.20 bits per heavy atom. The summed E-state index contributed by atoms with van der Waals surface area (Å²) in [7, 11) is 0. The molecule has 0 amide bonds. The maximum Gasteiger partial charge on any atom is 0.264 e. The first-order valence-corrected chi connectivity index (χ1v) is 6.61. The molecule has 6 heteroatoms. The molecule has 0 aliphatic carbocycles. The maximum absolute atomic E-state index is 11.5. The number of ether oxygens (including phenoxy) is 1. The zero-order chi connectivity index (χ0) is 14.7. The quantitative estimate of drug-likeness (QED) is 0.788. The standard InChI is InChI=1S/C14H15ClN2O3/c1-8(2)14-16-13(20-17-14)7-19-12-5-4-10(15)6-11(12)9(3)18/h4-6,8H,7H2,1-3H3. The third-order valence-electron chi connectivity index (χ3n) is 2.67. The highest BCUT2D eigenvalue weighted by Gasteiger charge is 2.13. The van der Waals surface area contributed by atoms with E-state index < -0.39 is 0 Å². The summed E-state index contributed by atoms with van der Waals surface area (Å²) in [6.07, 6.45) is 0. The zero-order valence-corrected chi connectivity index (χ0v) is 12.3. The van der Waals surface area contributed by atoms with E-state index in [0.717, 1.165) is 0 Å². The highest BCUT2D eigenvalue weighted by Crippen LogP contribution is 2.24. The Morgan fingerprint density at radius 3 is 2.80 bits per heavy atom. The summed E-state index contributed by atoms with van der Waals surface area (Å²) in [6, 6.07) is 4.89. The van der Waals surface area contributed by atoms with Gasteiger partial charge in [0.05, 0.1) is 5.56 Å². The second-order valence-electron chi connectivity index (χ2n) is 4.69. The lowest BCUT2D eigenvalue weighted by molar-refractivity contribution is 0.101. The molecule has 1 aromatic heterocycles. The molecule has 0 aliphatic heterocycles. The van der Waals surface area contributed by atoms with Crippen LogP contribution in [0.5, 0.6) is 5.75 Å². The van der Waals surface area contributed by atoms with E-state index in [1.54, 1.807) is 18.2 Å². The van der Waals surface area contributed by atoms with Gasteiger partial charge in [-0.25, -0.2) is 0 Å². The van der Waals surface area contributed by atoms with E-state index in [2.05, 4.69) is 10.1 Å². The van der Waals surface area contributed by atoms with Crippen molar-refractivity contribution in [3.8, 4) is 5.75 Å². The van der Waals surface area contributed by atoms with Crippen LogP contribution in [-0.4, -0.2) is 15.9 Å². The third kappa shape index (κ3) is 3.36. The molecule has 1 heterocycles. The fourth-order valence-corrected chi connectivity index (χ4v) is 1.78. The Labute approximate surface area is 121 Å². The Balaban J connectivity index is 2.12. The van der Waals surface area contributed by atoms with Crippen LogP contribution in [0.15, 0.2) is 22.7 Å². The molecular formula is C14H15ClN2O3. The number of rotatable bonds is 5. The molecule has 106 valence electrons. The van der Waals surface area contributed by atoms with E-state index in [-0.39, 0.29) is 18.3 Å². The summed E-state index contributed by atoms with van der Waals surface area (Å²) >= 11 is 5.87. The first kappa shape index (κ1) is 14.5. The van der Waals surface area contributed by atoms with Crippen molar-refractivity contribution in [3.05, 3.63) is 40.5 Å². The lowest BCUT2D eigenvalue weighted by Gasteiger charge is -2.08. The average molecular weight is 295 g/mol. The SMILES string of the molecule is CC(=O)c1cc(Cl)ccc1OCc1nc(C(C)C)no1. The average Bonchev–Trinajstić information content (AvgIpc) is 2.86. The van der Waals surface area contributed by atoms with Gasteiger partial charge in [0.25, 0.3) is 5.89 Å². The van der Waals surface area contributed by atoms with Crippen molar-refractivity contribution in [2.45, 2.75) is 33.3 Å². The molecule has 0 saturated heterocycles. The van der Waals surface area contributed by atoms with Gasteiger partial charge in [0.2, 0.25) is 0 Å². The second kappa shape index (κ2) is 6.05. The van der Waals surface area contributed by atoms with Gasteiger partial charge in [-0.3, -0.25) is 4.79 Å². The smallest absolute Gasteiger partial charge is 0.264 e. The van der Waals surface area contributed by atoms with E-state index in [0.29, 0.717) is 28.1 Å². The Bertz CT molecular complexity index is 623. The minimum absolute atomic E-state index is 0.113. The number of nitrogens with zero attached hydrogens (tertiary/aromatic N) is 2.